The van der Waals surface area contributed by atoms with Gasteiger partial charge in [0, 0.05) is 44.2 Å². The van der Waals surface area contributed by atoms with Gasteiger partial charge in [-0.2, -0.15) is 12.7 Å². The maximum absolute atomic E-state index is 14.8. The van der Waals surface area contributed by atoms with Crippen molar-refractivity contribution in [3.05, 3.63) is 99.8 Å². The molecule has 3 rings (SSSR count). The molecule has 0 aliphatic carbocycles. The third-order valence-corrected chi connectivity index (χ3v) is 8.41. The molecule has 8 nitrogen and oxygen atoms in total. The van der Waals surface area contributed by atoms with Gasteiger partial charge in [-0.15, -0.1) is 0 Å². The fraction of sp³-hybridized carbons (Fsp3) is 0.259. The molecule has 0 aliphatic heterocycles. The maximum Gasteiger partial charge on any atom is 0.304 e. The van der Waals surface area contributed by atoms with Gasteiger partial charge in [-0.05, 0) is 35.4 Å². The highest BCUT2D eigenvalue weighted by molar-refractivity contribution is 7.90. The minimum absolute atomic E-state index is 0.132. The van der Waals surface area contributed by atoms with Gasteiger partial charge >= 0.3 is 10.2 Å². The molecule has 39 heavy (non-hydrogen) atoms. The Kier molecular flexibility index (Phi) is 10.3. The summed E-state index contributed by atoms with van der Waals surface area (Å²) >= 11 is 12.5. The molecule has 0 radical (unpaired) electrons. The minimum atomic E-state index is -4.31. The monoisotopic (exact) mass is 594 g/mol. The molecule has 0 saturated carbocycles. The normalized spacial score (nSPS) is 12.2. The van der Waals surface area contributed by atoms with E-state index in [1.54, 1.807) is 12.1 Å². The summed E-state index contributed by atoms with van der Waals surface area (Å²) in [5.74, 6) is -2.03. The second-order valence-corrected chi connectivity index (χ2v) is 11.7. The number of likely N-dealkylation sites (N-methyl/N-ethyl adjacent to an activating group) is 1. The van der Waals surface area contributed by atoms with Gasteiger partial charge in [0.1, 0.15) is 18.4 Å². The summed E-state index contributed by atoms with van der Waals surface area (Å²) in [6.07, 6.45) is 0.136. The highest BCUT2D eigenvalue weighted by atomic mass is 35.5. The SMILES string of the molecule is CNC(=O)[C@@H](Cc1ccccc1)N(Cc1ccc(Cl)cc1Cl)C(=O)CN(c1ccccc1F)S(=O)(=O)N(C)C. The molecule has 3 aromatic carbocycles. The van der Waals surface area contributed by atoms with E-state index in [4.69, 9.17) is 23.2 Å². The van der Waals surface area contributed by atoms with Crippen LogP contribution < -0.4 is 9.62 Å². The molecule has 0 heterocycles. The highest BCUT2D eigenvalue weighted by Gasteiger charge is 2.35. The first kappa shape index (κ1) is 30.4. The second kappa shape index (κ2) is 13.3. The number of carbonyl (C=O) groups is 2. The molecule has 3 aromatic rings. The Bertz CT molecular complexity index is 1420. The lowest BCUT2D eigenvalue weighted by Crippen LogP contribution is -2.54. The van der Waals surface area contributed by atoms with Crippen molar-refractivity contribution in [2.45, 2.75) is 19.0 Å². The molecule has 12 heteroatoms. The van der Waals surface area contributed by atoms with E-state index in [9.17, 15) is 22.4 Å². The van der Waals surface area contributed by atoms with Gasteiger partial charge in [-0.25, -0.2) is 8.70 Å². The van der Waals surface area contributed by atoms with Gasteiger partial charge in [-0.1, -0.05) is 71.7 Å². The fourth-order valence-electron chi connectivity index (χ4n) is 3.91. The summed E-state index contributed by atoms with van der Waals surface area (Å²) in [6, 6.07) is 18.0. The number of rotatable bonds is 11. The van der Waals surface area contributed by atoms with Gasteiger partial charge in [-0.3, -0.25) is 9.59 Å². The number of benzene rings is 3. The lowest BCUT2D eigenvalue weighted by Gasteiger charge is -2.34. The molecule has 208 valence electrons. The lowest BCUT2D eigenvalue weighted by atomic mass is 10.0. The molecule has 0 aromatic heterocycles. The summed E-state index contributed by atoms with van der Waals surface area (Å²) in [4.78, 5) is 28.4. The molecule has 1 N–H and O–H groups in total. The van der Waals surface area contributed by atoms with Crippen LogP contribution in [-0.2, 0) is 32.8 Å². The van der Waals surface area contributed by atoms with Gasteiger partial charge in [0.15, 0.2) is 0 Å². The predicted molar refractivity (Wildman–Crippen MR) is 151 cm³/mol. The number of para-hydroxylation sites is 1. The van der Waals surface area contributed by atoms with Crippen LogP contribution in [0.5, 0.6) is 0 Å². The summed E-state index contributed by atoms with van der Waals surface area (Å²) in [5, 5.41) is 3.24. The zero-order chi connectivity index (χ0) is 28.7. The fourth-order valence-corrected chi connectivity index (χ4v) is 5.44. The average Bonchev–Trinajstić information content (AvgIpc) is 2.90. The van der Waals surface area contributed by atoms with E-state index in [1.165, 1.54) is 50.3 Å². The number of nitrogens with one attached hydrogen (secondary N) is 1. The minimum Gasteiger partial charge on any atom is -0.357 e. The third kappa shape index (κ3) is 7.48. The van der Waals surface area contributed by atoms with Crippen molar-refractivity contribution in [3.63, 3.8) is 0 Å². The predicted octanol–water partition coefficient (Wildman–Crippen LogP) is 4.13. The molecular weight excluding hydrogens is 566 g/mol. The van der Waals surface area contributed by atoms with Gasteiger partial charge < -0.3 is 10.2 Å². The van der Waals surface area contributed by atoms with Gasteiger partial charge in [0.25, 0.3) is 0 Å². The van der Waals surface area contributed by atoms with E-state index in [-0.39, 0.29) is 23.7 Å². The summed E-state index contributed by atoms with van der Waals surface area (Å²) in [5.41, 5.74) is 0.964. The van der Waals surface area contributed by atoms with Crippen LogP contribution in [-0.4, -0.2) is 63.2 Å². The van der Waals surface area contributed by atoms with Gasteiger partial charge in [0.05, 0.1) is 5.69 Å². The quantitative estimate of drug-likeness (QED) is 0.361. The average molecular weight is 596 g/mol. The Morgan fingerprint density at radius 2 is 1.62 bits per heavy atom. The number of hydrogen-bond donors (Lipinski definition) is 1. The Labute approximate surface area is 238 Å². The van der Waals surface area contributed by atoms with E-state index in [0.717, 1.165) is 15.9 Å². The Morgan fingerprint density at radius 3 is 2.21 bits per heavy atom. The highest BCUT2D eigenvalue weighted by Crippen LogP contribution is 2.26. The van der Waals surface area contributed by atoms with Crippen LogP contribution in [0.15, 0.2) is 72.8 Å². The third-order valence-electron chi connectivity index (χ3n) is 6.01. The number of carbonyl (C=O) groups excluding carboxylic acids is 2. The molecule has 0 aliphatic rings. The van der Waals surface area contributed by atoms with Crippen molar-refractivity contribution in [1.82, 2.24) is 14.5 Å². The van der Waals surface area contributed by atoms with Crippen LogP contribution in [0.2, 0.25) is 10.0 Å². The van der Waals surface area contributed by atoms with Crippen molar-refractivity contribution >= 4 is 50.9 Å². The van der Waals surface area contributed by atoms with Crippen molar-refractivity contribution < 1.29 is 22.4 Å². The van der Waals surface area contributed by atoms with Crippen molar-refractivity contribution in [2.75, 3.05) is 32.0 Å². The molecule has 0 bridgehead atoms. The van der Waals surface area contributed by atoms with Crippen LogP contribution in [0.3, 0.4) is 0 Å². The first-order chi connectivity index (χ1) is 18.4. The standard InChI is InChI=1S/C27H29Cl2FN4O4S/c1-31-27(36)25(15-19-9-5-4-6-10-19)33(17-20-13-14-21(28)16-22(20)29)26(35)18-34(39(37,38)32(2)3)24-12-8-7-11-23(24)30/h4-14,16,25H,15,17-18H2,1-3H3,(H,31,36)/t25-/m1/s1. The van der Waals surface area contributed by atoms with Crippen molar-refractivity contribution in [3.8, 4) is 0 Å². The van der Waals surface area contributed by atoms with Crippen molar-refractivity contribution in [2.24, 2.45) is 0 Å². The first-order valence-electron chi connectivity index (χ1n) is 11.9. The summed E-state index contributed by atoms with van der Waals surface area (Å²) in [6.45, 7) is -0.901. The molecule has 0 saturated heterocycles. The maximum atomic E-state index is 14.8. The van der Waals surface area contributed by atoms with Crippen LogP contribution in [0.1, 0.15) is 11.1 Å². The second-order valence-electron chi connectivity index (χ2n) is 8.83. The molecule has 0 fully saturated rings. The zero-order valence-corrected chi connectivity index (χ0v) is 24.0. The smallest absolute Gasteiger partial charge is 0.304 e. The van der Waals surface area contributed by atoms with Crippen LogP contribution in [0.4, 0.5) is 10.1 Å². The van der Waals surface area contributed by atoms with E-state index in [1.807, 2.05) is 30.3 Å². The molecule has 0 unspecified atom stereocenters. The Hall–Kier alpha value is -3.18. The van der Waals surface area contributed by atoms with Gasteiger partial charge in [0.2, 0.25) is 11.8 Å². The number of halogens is 3. The molecule has 0 spiro atoms. The van der Waals surface area contributed by atoms with E-state index in [2.05, 4.69) is 5.32 Å². The number of amides is 2. The zero-order valence-electron chi connectivity index (χ0n) is 21.6. The van der Waals surface area contributed by atoms with Crippen molar-refractivity contribution in [1.29, 1.82) is 0 Å². The van der Waals surface area contributed by atoms with Crippen LogP contribution in [0.25, 0.3) is 0 Å². The van der Waals surface area contributed by atoms with E-state index >= 15 is 0 Å². The van der Waals surface area contributed by atoms with Crippen LogP contribution >= 0.6 is 23.2 Å². The number of nitrogens with zero attached hydrogens (tertiary/aromatic N) is 3. The summed E-state index contributed by atoms with van der Waals surface area (Å²) in [7, 11) is -0.301. The summed E-state index contributed by atoms with van der Waals surface area (Å²) < 4.78 is 42.9. The first-order valence-corrected chi connectivity index (χ1v) is 14.0. The molecular formula is C27H29Cl2FN4O4S. The largest absolute Gasteiger partial charge is 0.357 e. The topological polar surface area (TPSA) is 90.0 Å². The Morgan fingerprint density at radius 1 is 0.974 bits per heavy atom. The molecule has 1 atom stereocenters. The molecule has 2 amide bonds. The number of anilines is 1. The Balaban J connectivity index is 2.10. The lowest BCUT2D eigenvalue weighted by molar-refractivity contribution is -0.139. The van der Waals surface area contributed by atoms with E-state index in [0.29, 0.717) is 14.9 Å². The van der Waals surface area contributed by atoms with E-state index < -0.39 is 40.4 Å². The van der Waals surface area contributed by atoms with Crippen LogP contribution in [0, 0.1) is 5.82 Å². The number of hydrogen-bond acceptors (Lipinski definition) is 4.